The van der Waals surface area contributed by atoms with Crippen LogP contribution in [0.5, 0.6) is 0 Å². The molecule has 7 N–H and O–H groups in total. The van der Waals surface area contributed by atoms with Crippen LogP contribution in [-0.4, -0.2) is 24.5 Å². The van der Waals surface area contributed by atoms with Crippen LogP contribution in [0.4, 0.5) is 0 Å². The molecule has 0 aliphatic heterocycles. The number of amides is 1. The number of hydrogen-bond donors (Lipinski definition) is 4. The average Bonchev–Trinajstić information content (AvgIpc) is 2.44. The molecule has 0 radical (unpaired) electrons. The molecule has 0 heterocycles. The zero-order valence-electron chi connectivity index (χ0n) is 11.8. The predicted molar refractivity (Wildman–Crippen MR) is 80.9 cm³/mol. The largest absolute Gasteiger partial charge is 0.370 e. The summed E-state index contributed by atoms with van der Waals surface area (Å²) in [6.45, 7) is 2.41. The molecule has 0 fully saturated rings. The Bertz CT molecular complexity index is 442. The van der Waals surface area contributed by atoms with E-state index in [9.17, 15) is 4.79 Å². The van der Waals surface area contributed by atoms with E-state index in [-0.39, 0.29) is 17.9 Å². The van der Waals surface area contributed by atoms with Crippen molar-refractivity contribution in [2.24, 2.45) is 22.2 Å². The lowest BCUT2D eigenvalue weighted by atomic mass is 10.1. The highest BCUT2D eigenvalue weighted by Crippen LogP contribution is 2.11. The Morgan fingerprint density at radius 3 is 2.55 bits per heavy atom. The molecule has 20 heavy (non-hydrogen) atoms. The molecule has 1 unspecified atom stereocenters. The van der Waals surface area contributed by atoms with Crippen molar-refractivity contribution in [3.63, 3.8) is 0 Å². The van der Waals surface area contributed by atoms with Gasteiger partial charge >= 0.3 is 0 Å². The minimum atomic E-state index is -0.546. The predicted octanol–water partition coefficient (Wildman–Crippen LogP) is 0.245. The van der Waals surface area contributed by atoms with E-state index in [1.165, 1.54) is 0 Å². The van der Waals surface area contributed by atoms with Crippen molar-refractivity contribution in [1.29, 1.82) is 0 Å². The van der Waals surface area contributed by atoms with E-state index in [1.54, 1.807) is 0 Å². The number of aliphatic imine (C=N–C) groups is 1. The molecule has 110 valence electrons. The molecule has 6 heteroatoms. The zero-order valence-corrected chi connectivity index (χ0v) is 11.8. The molecule has 2 atom stereocenters. The minimum absolute atomic E-state index is 0.0562. The summed E-state index contributed by atoms with van der Waals surface area (Å²) in [5, 5.41) is 2.90. The second kappa shape index (κ2) is 8.16. The second-order valence-corrected chi connectivity index (χ2v) is 4.70. The molecule has 0 aliphatic carbocycles. The highest BCUT2D eigenvalue weighted by atomic mass is 16.2. The van der Waals surface area contributed by atoms with E-state index >= 15 is 0 Å². The van der Waals surface area contributed by atoms with Gasteiger partial charge in [-0.3, -0.25) is 9.79 Å². The molecule has 0 aliphatic rings. The normalized spacial score (nSPS) is 13.3. The van der Waals surface area contributed by atoms with Crippen LogP contribution in [0.1, 0.15) is 31.4 Å². The third kappa shape index (κ3) is 5.71. The highest BCUT2D eigenvalue weighted by molar-refractivity contribution is 5.81. The van der Waals surface area contributed by atoms with E-state index in [2.05, 4.69) is 10.3 Å². The van der Waals surface area contributed by atoms with Gasteiger partial charge in [0.2, 0.25) is 5.91 Å². The molecule has 0 saturated heterocycles. The van der Waals surface area contributed by atoms with Crippen LogP contribution in [0, 0.1) is 0 Å². The van der Waals surface area contributed by atoms with Crippen LogP contribution >= 0.6 is 0 Å². The second-order valence-electron chi connectivity index (χ2n) is 4.70. The smallest absolute Gasteiger partial charge is 0.237 e. The molecule has 1 amide bonds. The number of nitrogens with zero attached hydrogens (tertiary/aromatic N) is 1. The molecule has 1 rings (SSSR count). The van der Waals surface area contributed by atoms with E-state index in [4.69, 9.17) is 17.2 Å². The first kappa shape index (κ1) is 16.0. The number of nitrogens with one attached hydrogen (secondary N) is 1. The van der Waals surface area contributed by atoms with E-state index in [1.807, 2.05) is 37.3 Å². The SMILES string of the molecule is CC(NC(=O)[C@@H](N)CCCN=C(N)N)c1ccccc1. The third-order valence-electron chi connectivity index (χ3n) is 2.96. The molecule has 0 saturated carbocycles. The van der Waals surface area contributed by atoms with Crippen LogP contribution < -0.4 is 22.5 Å². The number of nitrogens with two attached hydrogens (primary N) is 3. The molecular formula is C14H23N5O. The van der Waals surface area contributed by atoms with Gasteiger partial charge in [-0.2, -0.15) is 0 Å². The minimum Gasteiger partial charge on any atom is -0.370 e. The van der Waals surface area contributed by atoms with Crippen LogP contribution in [-0.2, 0) is 4.79 Å². The topological polar surface area (TPSA) is 120 Å². The van der Waals surface area contributed by atoms with Gasteiger partial charge in [0.25, 0.3) is 0 Å². The fraction of sp³-hybridized carbons (Fsp3) is 0.429. The highest BCUT2D eigenvalue weighted by Gasteiger charge is 2.15. The Kier molecular flexibility index (Phi) is 6.52. The summed E-state index contributed by atoms with van der Waals surface area (Å²) in [6.07, 6.45) is 1.22. The number of hydrogen-bond acceptors (Lipinski definition) is 3. The summed E-state index contributed by atoms with van der Waals surface area (Å²) in [4.78, 5) is 15.8. The van der Waals surface area contributed by atoms with Crippen LogP contribution in [0.2, 0.25) is 0 Å². The van der Waals surface area contributed by atoms with Crippen LogP contribution in [0.15, 0.2) is 35.3 Å². The standard InChI is InChI=1S/C14H23N5O/c1-10(11-6-3-2-4-7-11)19-13(20)12(15)8-5-9-18-14(16)17/h2-4,6-7,10,12H,5,8-9,15H2,1H3,(H,19,20)(H4,16,17,18)/t10?,12-/m0/s1. The Hall–Kier alpha value is -2.08. The van der Waals surface area contributed by atoms with Crippen LogP contribution in [0.3, 0.4) is 0 Å². The number of guanidine groups is 1. The van der Waals surface area contributed by atoms with Crippen molar-refractivity contribution >= 4 is 11.9 Å². The molecule has 0 bridgehead atoms. The van der Waals surface area contributed by atoms with E-state index in [0.717, 1.165) is 5.56 Å². The number of benzene rings is 1. The van der Waals surface area contributed by atoms with Crippen molar-refractivity contribution in [2.45, 2.75) is 31.8 Å². The van der Waals surface area contributed by atoms with Crippen LogP contribution in [0.25, 0.3) is 0 Å². The van der Waals surface area contributed by atoms with Gasteiger partial charge in [-0.1, -0.05) is 30.3 Å². The van der Waals surface area contributed by atoms with Gasteiger partial charge in [-0.15, -0.1) is 0 Å². The Morgan fingerprint density at radius 1 is 1.30 bits per heavy atom. The lowest BCUT2D eigenvalue weighted by molar-refractivity contribution is -0.123. The summed E-state index contributed by atoms with van der Waals surface area (Å²) >= 11 is 0. The Balaban J connectivity index is 2.36. The van der Waals surface area contributed by atoms with Gasteiger partial charge in [0.15, 0.2) is 5.96 Å². The van der Waals surface area contributed by atoms with Gasteiger partial charge in [-0.05, 0) is 25.3 Å². The summed E-state index contributed by atoms with van der Waals surface area (Å²) in [5.41, 5.74) is 17.3. The molecule has 6 nitrogen and oxygen atoms in total. The summed E-state index contributed by atoms with van der Waals surface area (Å²) in [6, 6.07) is 9.14. The van der Waals surface area contributed by atoms with Crippen molar-refractivity contribution in [3.05, 3.63) is 35.9 Å². The van der Waals surface area contributed by atoms with Crippen molar-refractivity contribution < 1.29 is 4.79 Å². The number of carbonyl (C=O) groups excluding carboxylic acids is 1. The van der Waals surface area contributed by atoms with Crippen molar-refractivity contribution in [1.82, 2.24) is 5.32 Å². The van der Waals surface area contributed by atoms with Gasteiger partial charge in [0.05, 0.1) is 12.1 Å². The summed E-state index contributed by atoms with van der Waals surface area (Å²) in [7, 11) is 0. The molecule has 0 aromatic heterocycles. The number of rotatable bonds is 7. The zero-order chi connectivity index (χ0) is 15.0. The molecule has 0 spiro atoms. The third-order valence-corrected chi connectivity index (χ3v) is 2.96. The molecule has 1 aromatic carbocycles. The van der Waals surface area contributed by atoms with Crippen molar-refractivity contribution in [2.75, 3.05) is 6.54 Å². The van der Waals surface area contributed by atoms with Gasteiger partial charge in [0.1, 0.15) is 0 Å². The summed E-state index contributed by atoms with van der Waals surface area (Å²) in [5.74, 6) is -0.105. The van der Waals surface area contributed by atoms with E-state index < -0.39 is 6.04 Å². The first-order valence-electron chi connectivity index (χ1n) is 6.67. The molecule has 1 aromatic rings. The van der Waals surface area contributed by atoms with Crippen molar-refractivity contribution in [3.8, 4) is 0 Å². The Morgan fingerprint density at radius 2 is 1.95 bits per heavy atom. The van der Waals surface area contributed by atoms with Gasteiger partial charge in [-0.25, -0.2) is 0 Å². The van der Waals surface area contributed by atoms with Gasteiger partial charge < -0.3 is 22.5 Å². The fourth-order valence-electron chi connectivity index (χ4n) is 1.80. The Labute approximate surface area is 119 Å². The molecular weight excluding hydrogens is 254 g/mol. The van der Waals surface area contributed by atoms with E-state index in [0.29, 0.717) is 19.4 Å². The summed E-state index contributed by atoms with van der Waals surface area (Å²) < 4.78 is 0. The first-order valence-corrected chi connectivity index (χ1v) is 6.67. The first-order chi connectivity index (χ1) is 9.50. The monoisotopic (exact) mass is 277 g/mol. The maximum absolute atomic E-state index is 11.9. The fourth-order valence-corrected chi connectivity index (χ4v) is 1.80. The average molecular weight is 277 g/mol. The maximum atomic E-state index is 11.9. The quantitative estimate of drug-likeness (QED) is 0.324. The maximum Gasteiger partial charge on any atom is 0.237 e. The number of carbonyl (C=O) groups is 1. The lowest BCUT2D eigenvalue weighted by Gasteiger charge is -2.17. The lowest BCUT2D eigenvalue weighted by Crippen LogP contribution is -2.41. The van der Waals surface area contributed by atoms with Gasteiger partial charge in [0, 0.05) is 6.54 Å².